The van der Waals surface area contributed by atoms with Gasteiger partial charge in [-0.25, -0.2) is 0 Å². The van der Waals surface area contributed by atoms with Gasteiger partial charge in [-0.05, 0) is 36.6 Å². The molecule has 1 atom stereocenters. The van der Waals surface area contributed by atoms with Crippen molar-refractivity contribution in [2.45, 2.75) is 19.4 Å². The highest BCUT2D eigenvalue weighted by molar-refractivity contribution is 5.79. The fraction of sp³-hybridized carbons (Fsp3) is 0.353. The molecule has 2 aromatic rings. The number of anilines is 1. The molecule has 1 fully saturated rings. The van der Waals surface area contributed by atoms with E-state index in [2.05, 4.69) is 20.2 Å². The third kappa shape index (κ3) is 3.61. The first-order chi connectivity index (χ1) is 10.8. The highest BCUT2D eigenvalue weighted by Crippen LogP contribution is 2.22. The SMILES string of the molecule is O=C(NCc1cccnc1)C1CCCN(c2ccncc2)C1. The summed E-state index contributed by atoms with van der Waals surface area (Å²) in [5.41, 5.74) is 2.16. The van der Waals surface area contributed by atoms with E-state index < -0.39 is 0 Å². The number of piperidine rings is 1. The maximum atomic E-state index is 12.4. The van der Waals surface area contributed by atoms with Crippen molar-refractivity contribution in [3.05, 3.63) is 54.6 Å². The zero-order valence-corrected chi connectivity index (χ0v) is 12.5. The van der Waals surface area contributed by atoms with E-state index in [4.69, 9.17) is 0 Å². The Kier molecular flexibility index (Phi) is 4.63. The van der Waals surface area contributed by atoms with Crippen molar-refractivity contribution >= 4 is 11.6 Å². The van der Waals surface area contributed by atoms with Gasteiger partial charge in [-0.1, -0.05) is 6.07 Å². The molecule has 1 unspecified atom stereocenters. The van der Waals surface area contributed by atoms with E-state index in [9.17, 15) is 4.79 Å². The normalized spacial score (nSPS) is 18.0. The second-order valence-corrected chi connectivity index (χ2v) is 5.57. The van der Waals surface area contributed by atoms with Crippen molar-refractivity contribution in [2.24, 2.45) is 5.92 Å². The molecule has 22 heavy (non-hydrogen) atoms. The molecule has 0 spiro atoms. The predicted octanol–water partition coefficient (Wildman–Crippen LogP) is 2.01. The third-order valence-corrected chi connectivity index (χ3v) is 4.01. The molecule has 2 aromatic heterocycles. The van der Waals surface area contributed by atoms with E-state index in [1.54, 1.807) is 24.8 Å². The van der Waals surface area contributed by atoms with Crippen molar-refractivity contribution in [1.29, 1.82) is 0 Å². The van der Waals surface area contributed by atoms with Crippen molar-refractivity contribution in [2.75, 3.05) is 18.0 Å². The van der Waals surface area contributed by atoms with Gasteiger partial charge in [0.1, 0.15) is 0 Å². The summed E-state index contributed by atoms with van der Waals surface area (Å²) in [5.74, 6) is 0.168. The van der Waals surface area contributed by atoms with Gasteiger partial charge in [0.05, 0.1) is 5.92 Å². The quantitative estimate of drug-likeness (QED) is 0.937. The smallest absolute Gasteiger partial charge is 0.225 e. The standard InChI is InChI=1S/C17H20N4O/c22-17(20-12-14-3-1-7-19-11-14)15-4-2-10-21(13-15)16-5-8-18-9-6-16/h1,3,5-9,11,15H,2,4,10,12-13H2,(H,20,22). The van der Waals surface area contributed by atoms with Crippen molar-refractivity contribution in [3.8, 4) is 0 Å². The molecule has 1 aliphatic heterocycles. The van der Waals surface area contributed by atoms with Crippen LogP contribution in [0.1, 0.15) is 18.4 Å². The number of pyridine rings is 2. The minimum Gasteiger partial charge on any atom is -0.371 e. The highest BCUT2D eigenvalue weighted by atomic mass is 16.1. The summed E-state index contributed by atoms with van der Waals surface area (Å²) in [6.07, 6.45) is 9.08. The van der Waals surface area contributed by atoms with Crippen LogP contribution in [0.25, 0.3) is 0 Å². The van der Waals surface area contributed by atoms with E-state index in [-0.39, 0.29) is 11.8 Å². The Balaban J connectivity index is 1.56. The van der Waals surface area contributed by atoms with Crippen LogP contribution in [0.15, 0.2) is 49.1 Å². The third-order valence-electron chi connectivity index (χ3n) is 4.01. The van der Waals surface area contributed by atoms with Crippen LogP contribution in [-0.4, -0.2) is 29.0 Å². The zero-order chi connectivity index (χ0) is 15.2. The Hall–Kier alpha value is -2.43. The summed E-state index contributed by atoms with van der Waals surface area (Å²) in [6, 6.07) is 7.84. The lowest BCUT2D eigenvalue weighted by molar-refractivity contribution is -0.125. The molecular weight excluding hydrogens is 276 g/mol. The molecule has 0 bridgehead atoms. The number of nitrogens with zero attached hydrogens (tertiary/aromatic N) is 3. The lowest BCUT2D eigenvalue weighted by atomic mass is 9.96. The zero-order valence-electron chi connectivity index (χ0n) is 12.5. The monoisotopic (exact) mass is 296 g/mol. The van der Waals surface area contributed by atoms with Gasteiger partial charge < -0.3 is 10.2 Å². The molecule has 5 nitrogen and oxygen atoms in total. The molecule has 5 heteroatoms. The summed E-state index contributed by atoms with van der Waals surface area (Å²) in [7, 11) is 0. The lowest BCUT2D eigenvalue weighted by Crippen LogP contribution is -2.43. The molecule has 0 radical (unpaired) electrons. The van der Waals surface area contributed by atoms with Crippen LogP contribution >= 0.6 is 0 Å². The van der Waals surface area contributed by atoms with Crippen molar-refractivity contribution < 1.29 is 4.79 Å². The Morgan fingerprint density at radius 3 is 2.86 bits per heavy atom. The molecule has 1 saturated heterocycles. The Labute approximate surface area is 130 Å². The van der Waals surface area contributed by atoms with Crippen LogP contribution in [0, 0.1) is 5.92 Å². The largest absolute Gasteiger partial charge is 0.371 e. The minimum atomic E-state index is 0.0404. The maximum absolute atomic E-state index is 12.4. The number of hydrogen-bond acceptors (Lipinski definition) is 4. The molecule has 0 aliphatic carbocycles. The molecule has 0 saturated carbocycles. The van der Waals surface area contributed by atoms with E-state index in [1.165, 1.54) is 0 Å². The Bertz CT molecular complexity index is 603. The summed E-state index contributed by atoms with van der Waals surface area (Å²) < 4.78 is 0. The Morgan fingerprint density at radius 1 is 1.23 bits per heavy atom. The van der Waals surface area contributed by atoms with E-state index in [1.807, 2.05) is 24.3 Å². The molecule has 3 heterocycles. The topological polar surface area (TPSA) is 58.1 Å². The summed E-state index contributed by atoms with van der Waals surface area (Å²) in [6.45, 7) is 2.30. The van der Waals surface area contributed by atoms with Crippen LogP contribution in [0.5, 0.6) is 0 Å². The first-order valence-electron chi connectivity index (χ1n) is 7.64. The van der Waals surface area contributed by atoms with Gasteiger partial charge >= 0.3 is 0 Å². The van der Waals surface area contributed by atoms with Gasteiger partial charge in [-0.3, -0.25) is 14.8 Å². The van der Waals surface area contributed by atoms with Crippen molar-refractivity contribution in [1.82, 2.24) is 15.3 Å². The van der Waals surface area contributed by atoms with Gasteiger partial charge in [0.15, 0.2) is 0 Å². The second-order valence-electron chi connectivity index (χ2n) is 5.57. The van der Waals surface area contributed by atoms with Crippen LogP contribution in [0.2, 0.25) is 0 Å². The van der Waals surface area contributed by atoms with E-state index >= 15 is 0 Å². The van der Waals surface area contributed by atoms with Crippen LogP contribution in [0.4, 0.5) is 5.69 Å². The minimum absolute atomic E-state index is 0.0404. The van der Waals surface area contributed by atoms with E-state index in [0.29, 0.717) is 6.54 Å². The number of carbonyl (C=O) groups is 1. The molecule has 1 aliphatic rings. The second kappa shape index (κ2) is 7.02. The van der Waals surface area contributed by atoms with Crippen LogP contribution in [-0.2, 0) is 11.3 Å². The predicted molar refractivity (Wildman–Crippen MR) is 85.3 cm³/mol. The number of hydrogen-bond donors (Lipinski definition) is 1. The van der Waals surface area contributed by atoms with Crippen LogP contribution < -0.4 is 10.2 Å². The fourth-order valence-corrected chi connectivity index (χ4v) is 2.82. The number of rotatable bonds is 4. The Morgan fingerprint density at radius 2 is 2.09 bits per heavy atom. The van der Waals surface area contributed by atoms with Gasteiger partial charge in [0, 0.05) is 50.1 Å². The number of nitrogens with one attached hydrogen (secondary N) is 1. The van der Waals surface area contributed by atoms with Gasteiger partial charge in [0.25, 0.3) is 0 Å². The molecule has 1 amide bonds. The molecule has 0 aromatic carbocycles. The summed E-state index contributed by atoms with van der Waals surface area (Å²) in [4.78, 5) is 22.7. The van der Waals surface area contributed by atoms with E-state index in [0.717, 1.165) is 37.2 Å². The van der Waals surface area contributed by atoms with Gasteiger partial charge in [0.2, 0.25) is 5.91 Å². The van der Waals surface area contributed by atoms with Gasteiger partial charge in [-0.2, -0.15) is 0 Å². The van der Waals surface area contributed by atoms with Crippen LogP contribution in [0.3, 0.4) is 0 Å². The van der Waals surface area contributed by atoms with Crippen molar-refractivity contribution in [3.63, 3.8) is 0 Å². The first-order valence-corrected chi connectivity index (χ1v) is 7.64. The maximum Gasteiger partial charge on any atom is 0.225 e. The number of amides is 1. The fourth-order valence-electron chi connectivity index (χ4n) is 2.82. The highest BCUT2D eigenvalue weighted by Gasteiger charge is 2.25. The molecular formula is C17H20N4O. The average Bonchev–Trinajstić information content (AvgIpc) is 2.61. The molecule has 3 rings (SSSR count). The number of aromatic nitrogens is 2. The van der Waals surface area contributed by atoms with Gasteiger partial charge in [-0.15, -0.1) is 0 Å². The summed E-state index contributed by atoms with van der Waals surface area (Å²) in [5, 5.41) is 3.02. The molecule has 1 N–H and O–H groups in total. The lowest BCUT2D eigenvalue weighted by Gasteiger charge is -2.33. The first kappa shape index (κ1) is 14.5. The average molecular weight is 296 g/mol. The summed E-state index contributed by atoms with van der Waals surface area (Å²) >= 11 is 0. The number of carbonyl (C=O) groups excluding carboxylic acids is 1. The molecule has 114 valence electrons.